The van der Waals surface area contributed by atoms with Crippen LogP contribution in [0.1, 0.15) is 0 Å². The number of para-hydroxylation sites is 4. The van der Waals surface area contributed by atoms with Crippen LogP contribution in [0.4, 0.5) is 0 Å². The maximum atomic E-state index is 6.52. The third-order valence-corrected chi connectivity index (χ3v) is 11.6. The Labute approximate surface area is 381 Å². The normalized spacial score (nSPS) is 11.0. The van der Waals surface area contributed by atoms with E-state index in [-0.39, 0.29) is 0 Å². The minimum Gasteiger partial charge on any atom is -0.457 e. The number of hydrogen-bond acceptors (Lipinski definition) is 2. The fraction of sp³-hybridized carbons (Fsp3) is 0. The Morgan fingerprint density at radius 3 is 0.606 bits per heavy atom. The predicted octanol–water partition coefficient (Wildman–Crippen LogP) is 16.0. The van der Waals surface area contributed by atoms with Crippen LogP contribution in [0.5, 0.6) is 0 Å². The molecule has 0 unspecified atom stereocenters. The lowest BCUT2D eigenvalue weighted by atomic mass is 10.2. The molecule has 0 aliphatic heterocycles. The molecule has 316 valence electrons. The Morgan fingerprint density at radius 1 is 0.182 bits per heavy atom. The topological polar surface area (TPSA) is 46.0 Å². The van der Waals surface area contributed by atoms with E-state index in [1.807, 2.05) is 72.8 Å². The van der Waals surface area contributed by atoms with Crippen LogP contribution in [0.25, 0.3) is 89.2 Å². The molecule has 0 saturated carbocycles. The van der Waals surface area contributed by atoms with E-state index in [1.165, 1.54) is 0 Å². The standard InChI is InChI=1S/C60H44N4O2/c1-5-15-45(16-6-1)61-49-27-35-57(36-28-49)65-58-39-31-51(32-40-58)63(47-19-9-3-10-20-47)55-25-14-26-56(44-55)64(48-21-11-4-12-22-48)52-33-41-60(42-34-52)66-59-37-29-50(30-38-59)62(46-17-7-2-8-18-46)54-24-13-23-53(61)43-54/h1-44H. The number of nitrogens with zero attached hydrogens (tertiary/aromatic N) is 4. The fourth-order valence-electron chi connectivity index (χ4n) is 8.56. The van der Waals surface area contributed by atoms with E-state index in [1.54, 1.807) is 0 Å². The van der Waals surface area contributed by atoms with Crippen LogP contribution in [0.15, 0.2) is 276 Å². The first-order chi connectivity index (χ1) is 32.7. The van der Waals surface area contributed by atoms with Crippen molar-refractivity contribution in [2.45, 2.75) is 0 Å². The maximum absolute atomic E-state index is 6.52. The zero-order chi connectivity index (χ0) is 44.1. The van der Waals surface area contributed by atoms with Crippen LogP contribution < -0.4 is 0 Å². The second-order valence-electron chi connectivity index (χ2n) is 15.9. The predicted molar refractivity (Wildman–Crippen MR) is 273 cm³/mol. The van der Waals surface area contributed by atoms with Crippen molar-refractivity contribution in [1.29, 1.82) is 0 Å². The monoisotopic (exact) mass is 852 g/mol. The van der Waals surface area contributed by atoms with Gasteiger partial charge in [-0.05, 0) is 182 Å². The van der Waals surface area contributed by atoms with Crippen molar-refractivity contribution in [2.75, 3.05) is 0 Å². The zero-order valence-electron chi connectivity index (χ0n) is 36.0. The summed E-state index contributed by atoms with van der Waals surface area (Å²) in [5, 5.41) is 0. The van der Waals surface area contributed by atoms with Gasteiger partial charge in [-0.1, -0.05) is 84.9 Å². The lowest BCUT2D eigenvalue weighted by Crippen LogP contribution is -1.99. The molecule has 0 saturated heterocycles. The van der Waals surface area contributed by atoms with Crippen LogP contribution in [0, 0.1) is 0 Å². The Kier molecular flexibility index (Phi) is 10.9. The first-order valence-electron chi connectivity index (χ1n) is 22.1. The smallest absolute Gasteiger partial charge is 0.127 e. The van der Waals surface area contributed by atoms with Crippen LogP contribution >= 0.6 is 0 Å². The van der Waals surface area contributed by atoms with Crippen molar-refractivity contribution in [3.63, 3.8) is 0 Å². The molecule has 17 aromatic rings. The Morgan fingerprint density at radius 2 is 0.394 bits per heavy atom. The summed E-state index contributed by atoms with van der Waals surface area (Å²) < 4.78 is 22.1. The average Bonchev–Trinajstić information content (AvgIpc) is 3.38. The molecule has 0 amide bonds. The fourth-order valence-corrected chi connectivity index (χ4v) is 8.56. The van der Waals surface area contributed by atoms with Gasteiger partial charge in [-0.2, -0.15) is 0 Å². The van der Waals surface area contributed by atoms with Gasteiger partial charge < -0.3 is 27.1 Å². The molecule has 0 spiro atoms. The molecule has 0 radical (unpaired) electrons. The second kappa shape index (κ2) is 18.0. The van der Waals surface area contributed by atoms with Gasteiger partial charge in [0.2, 0.25) is 0 Å². The molecule has 0 fully saturated rings. The van der Waals surface area contributed by atoms with E-state index in [0.717, 1.165) is 89.2 Å². The minimum absolute atomic E-state index is 0.741. The molecule has 10 aromatic carbocycles. The average molecular weight is 853 g/mol. The quantitative estimate of drug-likeness (QED) is 0.177. The third kappa shape index (κ3) is 8.30. The minimum atomic E-state index is 0.741. The summed E-state index contributed by atoms with van der Waals surface area (Å²) in [6, 6.07) is 92.3. The Hall–Kier alpha value is -9.00. The van der Waals surface area contributed by atoms with Gasteiger partial charge in [0.05, 0.1) is 0 Å². The van der Waals surface area contributed by atoms with Gasteiger partial charge in [0.1, 0.15) is 22.3 Å². The molecule has 0 aliphatic rings. The van der Waals surface area contributed by atoms with Gasteiger partial charge in [-0.25, -0.2) is 0 Å². The molecule has 6 heteroatoms. The van der Waals surface area contributed by atoms with Crippen molar-refractivity contribution in [1.82, 2.24) is 18.3 Å². The van der Waals surface area contributed by atoms with Crippen molar-refractivity contribution in [3.8, 4) is 22.7 Å². The molecule has 0 N–H and O–H groups in total. The van der Waals surface area contributed by atoms with E-state index >= 15 is 0 Å². The van der Waals surface area contributed by atoms with Crippen LogP contribution in [-0.4, -0.2) is 18.3 Å². The SMILES string of the molecule is c1ccc(-n2c3ccc(cc3)oc3ccc(cc3)n(-c3ccccc3)c3cccc(c3)n(-c3ccccc3)c3ccc(cc3)oc3ccc(cc3)n(-c3ccccc3)c3cccc2c3)cc1. The highest BCUT2D eigenvalue weighted by Gasteiger charge is 2.07. The zero-order valence-corrected chi connectivity index (χ0v) is 36.0. The first kappa shape index (κ1) is 39.8. The van der Waals surface area contributed by atoms with Gasteiger partial charge >= 0.3 is 0 Å². The van der Waals surface area contributed by atoms with E-state index in [4.69, 9.17) is 8.83 Å². The molecule has 0 atom stereocenters. The van der Waals surface area contributed by atoms with Crippen LogP contribution in [0.3, 0.4) is 0 Å². The highest BCUT2D eigenvalue weighted by atomic mass is 16.3. The Bertz CT molecular complexity index is 3240. The number of benzene rings is 10. The summed E-state index contributed by atoms with van der Waals surface area (Å²) in [6.07, 6.45) is 0. The van der Waals surface area contributed by atoms with Crippen LogP contribution in [-0.2, 0) is 0 Å². The summed E-state index contributed by atoms with van der Waals surface area (Å²) >= 11 is 0. The van der Waals surface area contributed by atoms with Crippen molar-refractivity contribution >= 4 is 66.5 Å². The first-order valence-corrected chi connectivity index (χ1v) is 22.1. The molecule has 66 heavy (non-hydrogen) atoms. The van der Waals surface area contributed by atoms with Gasteiger partial charge in [-0.3, -0.25) is 0 Å². The second-order valence-corrected chi connectivity index (χ2v) is 15.9. The van der Waals surface area contributed by atoms with E-state index < -0.39 is 0 Å². The van der Waals surface area contributed by atoms with Gasteiger partial charge in [0.25, 0.3) is 0 Å². The van der Waals surface area contributed by atoms with E-state index in [2.05, 4.69) is 212 Å². The van der Waals surface area contributed by atoms with Crippen molar-refractivity contribution in [3.05, 3.63) is 267 Å². The summed E-state index contributed by atoms with van der Waals surface area (Å²) in [4.78, 5) is 0. The van der Waals surface area contributed by atoms with E-state index in [9.17, 15) is 0 Å². The van der Waals surface area contributed by atoms with Gasteiger partial charge in [-0.15, -0.1) is 0 Å². The largest absolute Gasteiger partial charge is 0.457 e. The van der Waals surface area contributed by atoms with Crippen molar-refractivity contribution in [2.24, 2.45) is 0 Å². The molecule has 17 rings (SSSR count). The highest BCUT2D eigenvalue weighted by molar-refractivity contribution is 5.76. The van der Waals surface area contributed by atoms with Crippen molar-refractivity contribution < 1.29 is 8.83 Å². The molecular weight excluding hydrogens is 809 g/mol. The molecule has 7 aromatic heterocycles. The summed E-state index contributed by atoms with van der Waals surface area (Å²) in [7, 11) is 0. The summed E-state index contributed by atoms with van der Waals surface area (Å²) in [5.41, 5.74) is 15.2. The lowest BCUT2D eigenvalue weighted by Gasteiger charge is -2.14. The number of hydrogen-bond donors (Lipinski definition) is 0. The third-order valence-electron chi connectivity index (χ3n) is 11.6. The Balaban J connectivity index is 1.22. The molecular formula is C60H44N4O2. The molecule has 0 aliphatic carbocycles. The molecule has 7 heterocycles. The van der Waals surface area contributed by atoms with Crippen LogP contribution in [0.2, 0.25) is 0 Å². The highest BCUT2D eigenvalue weighted by Crippen LogP contribution is 2.25. The molecule has 6 nitrogen and oxygen atoms in total. The van der Waals surface area contributed by atoms with Gasteiger partial charge in [0, 0.05) is 66.9 Å². The maximum Gasteiger partial charge on any atom is 0.127 e. The lowest BCUT2D eigenvalue weighted by molar-refractivity contribution is 0.655. The van der Waals surface area contributed by atoms with E-state index in [0.29, 0.717) is 0 Å². The number of aromatic nitrogens is 4. The summed E-state index contributed by atoms with van der Waals surface area (Å²) in [5.74, 6) is 0. The summed E-state index contributed by atoms with van der Waals surface area (Å²) in [6.45, 7) is 0. The number of rotatable bonds is 4. The van der Waals surface area contributed by atoms with Gasteiger partial charge in [0.15, 0.2) is 0 Å². The molecule has 12 bridgehead atoms.